The molecule has 0 atom stereocenters. The Labute approximate surface area is 184 Å². The van der Waals surface area contributed by atoms with Crippen LogP contribution in [-0.4, -0.2) is 62.1 Å². The van der Waals surface area contributed by atoms with Crippen LogP contribution in [0.4, 0.5) is 4.39 Å². The van der Waals surface area contributed by atoms with Gasteiger partial charge < -0.3 is 9.30 Å². The SMILES string of the molecule is CCc1nn2c(nnc3c(=O)n(CCCN4CCOCC4)ccc32)c1-c1ccc(F)cc1. The van der Waals surface area contributed by atoms with Crippen molar-refractivity contribution >= 4 is 16.7 Å². The summed E-state index contributed by atoms with van der Waals surface area (Å²) >= 11 is 0. The van der Waals surface area contributed by atoms with Crippen molar-refractivity contribution in [3.05, 3.63) is 58.4 Å². The highest BCUT2D eigenvalue weighted by Crippen LogP contribution is 2.29. The molecule has 166 valence electrons. The lowest BCUT2D eigenvalue weighted by Crippen LogP contribution is -2.37. The molecular weight excluding hydrogens is 411 g/mol. The molecule has 3 aromatic heterocycles. The van der Waals surface area contributed by atoms with Crippen LogP contribution in [0.2, 0.25) is 0 Å². The van der Waals surface area contributed by atoms with E-state index in [9.17, 15) is 9.18 Å². The average molecular weight is 436 g/mol. The van der Waals surface area contributed by atoms with E-state index in [1.54, 1.807) is 27.4 Å². The molecule has 0 radical (unpaired) electrons. The molecular formula is C23H25FN6O2. The molecule has 32 heavy (non-hydrogen) atoms. The number of hydrogen-bond acceptors (Lipinski definition) is 6. The van der Waals surface area contributed by atoms with Crippen LogP contribution in [0.3, 0.4) is 0 Å². The Morgan fingerprint density at radius 2 is 1.84 bits per heavy atom. The molecule has 1 fully saturated rings. The van der Waals surface area contributed by atoms with Crippen molar-refractivity contribution in [2.24, 2.45) is 0 Å². The van der Waals surface area contributed by atoms with Gasteiger partial charge in [-0.25, -0.2) is 8.91 Å². The average Bonchev–Trinajstić information content (AvgIpc) is 3.21. The van der Waals surface area contributed by atoms with Crippen molar-refractivity contribution in [3.63, 3.8) is 0 Å². The normalized spacial score (nSPS) is 15.1. The van der Waals surface area contributed by atoms with Gasteiger partial charge in [0.25, 0.3) is 5.56 Å². The number of fused-ring (bicyclic) bond motifs is 3. The summed E-state index contributed by atoms with van der Waals surface area (Å²) in [6, 6.07) is 8.13. The molecule has 9 heteroatoms. The van der Waals surface area contributed by atoms with Crippen LogP contribution < -0.4 is 5.56 Å². The highest BCUT2D eigenvalue weighted by Gasteiger charge is 2.19. The van der Waals surface area contributed by atoms with E-state index >= 15 is 0 Å². The molecule has 8 nitrogen and oxygen atoms in total. The second-order valence-electron chi connectivity index (χ2n) is 7.97. The number of nitrogens with zero attached hydrogens (tertiary/aromatic N) is 6. The Bertz CT molecular complexity index is 1310. The second-order valence-corrected chi connectivity index (χ2v) is 7.97. The molecule has 0 aliphatic carbocycles. The monoisotopic (exact) mass is 436 g/mol. The standard InChI is InChI=1S/C23H25FN6O2/c1-2-18-20(16-4-6-17(24)7-5-16)22-26-25-21-19(30(22)27-18)8-11-29(23(21)31)10-3-9-28-12-14-32-15-13-28/h4-8,11H,2-3,9-10,12-15H2,1H3. The number of pyridine rings is 1. The molecule has 0 spiro atoms. The quantitative estimate of drug-likeness (QED) is 0.462. The maximum absolute atomic E-state index is 13.4. The van der Waals surface area contributed by atoms with Gasteiger partial charge in [-0.15, -0.1) is 10.2 Å². The zero-order valence-corrected chi connectivity index (χ0v) is 18.0. The minimum absolute atomic E-state index is 0.171. The van der Waals surface area contributed by atoms with E-state index in [-0.39, 0.29) is 11.4 Å². The van der Waals surface area contributed by atoms with Crippen LogP contribution in [0.25, 0.3) is 27.8 Å². The first kappa shape index (κ1) is 20.7. The molecule has 0 unspecified atom stereocenters. The lowest BCUT2D eigenvalue weighted by Gasteiger charge is -2.26. The number of halogens is 1. The fourth-order valence-corrected chi connectivity index (χ4v) is 4.25. The Morgan fingerprint density at radius 1 is 1.06 bits per heavy atom. The second kappa shape index (κ2) is 8.76. The molecule has 4 aromatic rings. The van der Waals surface area contributed by atoms with Gasteiger partial charge in [0.2, 0.25) is 0 Å². The largest absolute Gasteiger partial charge is 0.379 e. The summed E-state index contributed by atoms with van der Waals surface area (Å²) in [5.74, 6) is -0.297. The Hall–Kier alpha value is -3.17. The zero-order valence-electron chi connectivity index (χ0n) is 18.0. The van der Waals surface area contributed by atoms with Crippen molar-refractivity contribution < 1.29 is 9.13 Å². The van der Waals surface area contributed by atoms with Gasteiger partial charge in [-0.05, 0) is 36.6 Å². The Kier molecular flexibility index (Phi) is 5.67. The molecule has 0 bridgehead atoms. The molecule has 1 aromatic carbocycles. The van der Waals surface area contributed by atoms with E-state index in [1.165, 1.54) is 12.1 Å². The van der Waals surface area contributed by atoms with Gasteiger partial charge in [-0.3, -0.25) is 9.69 Å². The van der Waals surface area contributed by atoms with E-state index in [0.717, 1.165) is 56.1 Å². The fraction of sp³-hybridized carbons (Fsp3) is 0.391. The summed E-state index contributed by atoms with van der Waals surface area (Å²) in [5, 5.41) is 13.3. The lowest BCUT2D eigenvalue weighted by atomic mass is 10.0. The number of ether oxygens (including phenoxy) is 1. The number of hydrogen-bond donors (Lipinski definition) is 0. The van der Waals surface area contributed by atoms with Crippen LogP contribution >= 0.6 is 0 Å². The maximum Gasteiger partial charge on any atom is 0.280 e. The number of aromatic nitrogens is 5. The number of rotatable bonds is 6. The van der Waals surface area contributed by atoms with Gasteiger partial charge in [-0.2, -0.15) is 5.10 Å². The highest BCUT2D eigenvalue weighted by atomic mass is 19.1. The fourth-order valence-electron chi connectivity index (χ4n) is 4.25. The van der Waals surface area contributed by atoms with Crippen LogP contribution in [0.15, 0.2) is 41.3 Å². The summed E-state index contributed by atoms with van der Waals surface area (Å²) in [5.41, 5.74) is 3.77. The molecule has 0 N–H and O–H groups in total. The zero-order chi connectivity index (χ0) is 22.1. The smallest absolute Gasteiger partial charge is 0.280 e. The van der Waals surface area contributed by atoms with Gasteiger partial charge in [0.05, 0.1) is 24.5 Å². The lowest BCUT2D eigenvalue weighted by molar-refractivity contribution is 0.0369. The van der Waals surface area contributed by atoms with E-state index in [2.05, 4.69) is 15.1 Å². The number of benzene rings is 1. The van der Waals surface area contributed by atoms with Crippen molar-refractivity contribution in [1.82, 2.24) is 29.3 Å². The predicted octanol–water partition coefficient (Wildman–Crippen LogP) is 2.53. The maximum atomic E-state index is 13.4. The Balaban J connectivity index is 1.49. The molecule has 1 saturated heterocycles. The molecule has 1 aliphatic heterocycles. The summed E-state index contributed by atoms with van der Waals surface area (Å²) in [7, 11) is 0. The third kappa shape index (κ3) is 3.78. The molecule has 1 aliphatic rings. The number of morpholine rings is 1. The molecule has 0 saturated carbocycles. The first-order valence-electron chi connectivity index (χ1n) is 11.0. The van der Waals surface area contributed by atoms with Gasteiger partial charge in [0, 0.05) is 32.4 Å². The van der Waals surface area contributed by atoms with E-state index in [0.29, 0.717) is 29.6 Å². The van der Waals surface area contributed by atoms with Crippen molar-refractivity contribution in [2.45, 2.75) is 26.3 Å². The molecule has 5 rings (SSSR count). The third-order valence-electron chi connectivity index (χ3n) is 5.97. The van der Waals surface area contributed by atoms with E-state index < -0.39 is 0 Å². The first-order chi connectivity index (χ1) is 15.7. The van der Waals surface area contributed by atoms with Gasteiger partial charge >= 0.3 is 0 Å². The van der Waals surface area contributed by atoms with Crippen molar-refractivity contribution in [2.75, 3.05) is 32.8 Å². The highest BCUT2D eigenvalue weighted by molar-refractivity contribution is 5.84. The van der Waals surface area contributed by atoms with Crippen LogP contribution in [0.1, 0.15) is 19.0 Å². The summed E-state index contributed by atoms with van der Waals surface area (Å²) in [6.45, 7) is 6.96. The predicted molar refractivity (Wildman–Crippen MR) is 119 cm³/mol. The van der Waals surface area contributed by atoms with Gasteiger partial charge in [0.15, 0.2) is 11.2 Å². The van der Waals surface area contributed by atoms with Crippen molar-refractivity contribution in [1.29, 1.82) is 0 Å². The Morgan fingerprint density at radius 3 is 2.59 bits per heavy atom. The summed E-state index contributed by atoms with van der Waals surface area (Å²) in [4.78, 5) is 15.4. The number of aryl methyl sites for hydroxylation is 2. The molecule has 4 heterocycles. The van der Waals surface area contributed by atoms with Crippen LogP contribution in [0, 0.1) is 5.82 Å². The molecule has 0 amide bonds. The summed E-state index contributed by atoms with van der Waals surface area (Å²) in [6.07, 6.45) is 3.35. The van der Waals surface area contributed by atoms with Crippen molar-refractivity contribution in [3.8, 4) is 11.1 Å². The van der Waals surface area contributed by atoms with Crippen LogP contribution in [0.5, 0.6) is 0 Å². The topological polar surface area (TPSA) is 77.5 Å². The van der Waals surface area contributed by atoms with Gasteiger partial charge in [0.1, 0.15) is 11.3 Å². The summed E-state index contributed by atoms with van der Waals surface area (Å²) < 4.78 is 22.2. The minimum atomic E-state index is -0.297. The van der Waals surface area contributed by atoms with Crippen LogP contribution in [-0.2, 0) is 17.7 Å². The van der Waals surface area contributed by atoms with E-state index in [1.807, 2.05) is 13.0 Å². The third-order valence-corrected chi connectivity index (χ3v) is 5.97. The van der Waals surface area contributed by atoms with E-state index in [4.69, 9.17) is 9.84 Å². The van der Waals surface area contributed by atoms with Gasteiger partial charge in [-0.1, -0.05) is 19.1 Å². The first-order valence-corrected chi connectivity index (χ1v) is 11.0. The minimum Gasteiger partial charge on any atom is -0.379 e.